The summed E-state index contributed by atoms with van der Waals surface area (Å²) in [7, 11) is 0. The van der Waals surface area contributed by atoms with Gasteiger partial charge in [-0.15, -0.1) is 0 Å². The van der Waals surface area contributed by atoms with E-state index < -0.39 is 11.4 Å². The smallest absolute Gasteiger partial charge is 0.307 e. The molecule has 7 nitrogen and oxygen atoms in total. The molecule has 2 amide bonds. The van der Waals surface area contributed by atoms with Gasteiger partial charge in [0.1, 0.15) is 18.5 Å². The number of hydrogen-bond donors (Lipinski definition) is 1. The van der Waals surface area contributed by atoms with Crippen LogP contribution in [0.25, 0.3) is 0 Å². The molecule has 1 fully saturated rings. The zero-order chi connectivity index (χ0) is 24.3. The Labute approximate surface area is 204 Å². The van der Waals surface area contributed by atoms with Crippen LogP contribution in [0.2, 0.25) is 0 Å². The van der Waals surface area contributed by atoms with E-state index in [1.807, 2.05) is 55.5 Å². The van der Waals surface area contributed by atoms with Gasteiger partial charge in [0.15, 0.2) is 6.79 Å². The Balaban J connectivity index is 1.53. The zero-order valence-electron chi connectivity index (χ0n) is 19.6. The fraction of sp³-hybridized carbons (Fsp3) is 0.423. The second kappa shape index (κ2) is 13.2. The molecule has 0 radical (unpaired) electrons. The van der Waals surface area contributed by atoms with Crippen LogP contribution in [0.15, 0.2) is 48.5 Å². The fourth-order valence-electron chi connectivity index (χ4n) is 3.43. The van der Waals surface area contributed by atoms with E-state index in [9.17, 15) is 14.4 Å². The van der Waals surface area contributed by atoms with Crippen molar-refractivity contribution in [2.24, 2.45) is 0 Å². The molecule has 1 saturated heterocycles. The number of esters is 1. The van der Waals surface area contributed by atoms with Crippen LogP contribution in [0.4, 0.5) is 4.79 Å². The van der Waals surface area contributed by atoms with Crippen LogP contribution in [0.5, 0.6) is 5.75 Å². The highest BCUT2D eigenvalue weighted by Gasteiger charge is 2.31. The third kappa shape index (κ3) is 8.18. The van der Waals surface area contributed by atoms with Gasteiger partial charge in [-0.3, -0.25) is 19.7 Å². The molecule has 2 aromatic rings. The van der Waals surface area contributed by atoms with Gasteiger partial charge in [0.05, 0.1) is 5.25 Å². The molecule has 1 aliphatic heterocycles. The van der Waals surface area contributed by atoms with Gasteiger partial charge in [-0.25, -0.2) is 0 Å². The predicted octanol–water partition coefficient (Wildman–Crippen LogP) is 5.11. The molecule has 182 valence electrons. The molecule has 2 unspecified atom stereocenters. The molecule has 0 saturated carbocycles. The van der Waals surface area contributed by atoms with Gasteiger partial charge in [-0.1, -0.05) is 73.5 Å². The SMILES string of the molecule is CCCCCC(=O)OCOC(COc1ccc(CC2SC(=O)NC2=O)cc1)c1ccc(C)cc1. The first-order valence-electron chi connectivity index (χ1n) is 11.5. The monoisotopic (exact) mass is 485 g/mol. The van der Waals surface area contributed by atoms with E-state index in [1.165, 1.54) is 0 Å². The van der Waals surface area contributed by atoms with Gasteiger partial charge in [0.2, 0.25) is 5.91 Å². The molecular formula is C26H31NO6S. The maximum absolute atomic E-state index is 11.9. The number of benzene rings is 2. The van der Waals surface area contributed by atoms with Crippen LogP contribution in [-0.2, 0) is 25.5 Å². The summed E-state index contributed by atoms with van der Waals surface area (Å²) >= 11 is 1.02. The summed E-state index contributed by atoms with van der Waals surface area (Å²) in [4.78, 5) is 35.0. The van der Waals surface area contributed by atoms with Crippen molar-refractivity contribution in [3.8, 4) is 5.75 Å². The van der Waals surface area contributed by atoms with Crippen LogP contribution in [0, 0.1) is 6.92 Å². The molecule has 1 heterocycles. The van der Waals surface area contributed by atoms with Crippen LogP contribution >= 0.6 is 11.8 Å². The number of rotatable bonds is 13. The molecule has 3 rings (SSSR count). The molecule has 2 aromatic carbocycles. The third-order valence-electron chi connectivity index (χ3n) is 5.44. The summed E-state index contributed by atoms with van der Waals surface area (Å²) < 4.78 is 17.0. The topological polar surface area (TPSA) is 90.9 Å². The van der Waals surface area contributed by atoms with Gasteiger partial charge in [-0.2, -0.15) is 0 Å². The summed E-state index contributed by atoms with van der Waals surface area (Å²) in [6.45, 7) is 4.21. The van der Waals surface area contributed by atoms with Gasteiger partial charge in [0, 0.05) is 6.42 Å². The minimum atomic E-state index is -0.409. The molecule has 0 aliphatic carbocycles. The van der Waals surface area contributed by atoms with Gasteiger partial charge in [0.25, 0.3) is 5.24 Å². The predicted molar refractivity (Wildman–Crippen MR) is 131 cm³/mol. The molecule has 0 bridgehead atoms. The first-order valence-corrected chi connectivity index (χ1v) is 12.4. The van der Waals surface area contributed by atoms with E-state index in [4.69, 9.17) is 14.2 Å². The molecule has 2 atom stereocenters. The minimum absolute atomic E-state index is 0.133. The summed E-state index contributed by atoms with van der Waals surface area (Å²) in [6, 6.07) is 15.4. The lowest BCUT2D eigenvalue weighted by molar-refractivity contribution is -0.163. The lowest BCUT2D eigenvalue weighted by Gasteiger charge is -2.19. The average Bonchev–Trinajstić information content (AvgIpc) is 3.14. The van der Waals surface area contributed by atoms with Gasteiger partial charge >= 0.3 is 5.97 Å². The highest BCUT2D eigenvalue weighted by atomic mass is 32.2. The van der Waals surface area contributed by atoms with Crippen molar-refractivity contribution in [1.29, 1.82) is 0 Å². The van der Waals surface area contributed by atoms with Crippen LogP contribution in [0.3, 0.4) is 0 Å². The minimum Gasteiger partial charge on any atom is -0.491 e. The lowest BCUT2D eigenvalue weighted by atomic mass is 10.1. The van der Waals surface area contributed by atoms with Crippen molar-refractivity contribution in [2.45, 2.75) is 57.3 Å². The Hall–Kier alpha value is -2.84. The number of aryl methyl sites for hydroxylation is 1. The van der Waals surface area contributed by atoms with E-state index in [0.717, 1.165) is 47.7 Å². The molecule has 1 aliphatic rings. The van der Waals surface area contributed by atoms with E-state index in [2.05, 4.69) is 12.2 Å². The normalized spacial score (nSPS) is 16.2. The first kappa shape index (κ1) is 25.8. The van der Waals surface area contributed by atoms with Crippen molar-refractivity contribution >= 4 is 28.9 Å². The highest BCUT2D eigenvalue weighted by Crippen LogP contribution is 2.25. The van der Waals surface area contributed by atoms with Crippen molar-refractivity contribution in [3.05, 3.63) is 65.2 Å². The maximum Gasteiger partial charge on any atom is 0.307 e. The average molecular weight is 486 g/mol. The number of hydrogen-bond acceptors (Lipinski definition) is 7. The first-order chi connectivity index (χ1) is 16.4. The van der Waals surface area contributed by atoms with Crippen molar-refractivity contribution in [2.75, 3.05) is 13.4 Å². The number of nitrogens with one attached hydrogen (secondary N) is 1. The summed E-state index contributed by atoms with van der Waals surface area (Å²) in [5.74, 6) is 0.142. The fourth-order valence-corrected chi connectivity index (χ4v) is 4.29. The number of imide groups is 1. The van der Waals surface area contributed by atoms with E-state index in [-0.39, 0.29) is 30.5 Å². The second-order valence-electron chi connectivity index (χ2n) is 8.20. The summed E-state index contributed by atoms with van der Waals surface area (Å²) in [5, 5.41) is 1.60. The van der Waals surface area contributed by atoms with Gasteiger partial charge < -0.3 is 14.2 Å². The summed E-state index contributed by atoms with van der Waals surface area (Å²) in [6.07, 6.45) is 3.32. The van der Waals surface area contributed by atoms with E-state index in [0.29, 0.717) is 18.6 Å². The molecule has 34 heavy (non-hydrogen) atoms. The van der Waals surface area contributed by atoms with E-state index >= 15 is 0 Å². The Kier molecular flexibility index (Phi) is 9.97. The van der Waals surface area contributed by atoms with Crippen LogP contribution < -0.4 is 10.1 Å². The molecular weight excluding hydrogens is 454 g/mol. The second-order valence-corrected chi connectivity index (χ2v) is 9.38. The Morgan fingerprint density at radius 1 is 1.06 bits per heavy atom. The molecule has 0 aromatic heterocycles. The Bertz CT molecular complexity index is 960. The van der Waals surface area contributed by atoms with E-state index in [1.54, 1.807) is 0 Å². The highest BCUT2D eigenvalue weighted by molar-refractivity contribution is 8.15. The summed E-state index contributed by atoms with van der Waals surface area (Å²) in [5.41, 5.74) is 3.01. The maximum atomic E-state index is 11.9. The third-order valence-corrected chi connectivity index (χ3v) is 6.42. The Morgan fingerprint density at radius 2 is 1.79 bits per heavy atom. The van der Waals surface area contributed by atoms with Crippen LogP contribution in [-0.4, -0.2) is 35.8 Å². The van der Waals surface area contributed by atoms with Crippen molar-refractivity contribution in [1.82, 2.24) is 5.32 Å². The number of thioether (sulfide) groups is 1. The van der Waals surface area contributed by atoms with Crippen LogP contribution in [0.1, 0.15) is 55.4 Å². The Morgan fingerprint density at radius 3 is 2.44 bits per heavy atom. The number of carbonyl (C=O) groups is 3. The number of unbranched alkanes of at least 4 members (excludes halogenated alkanes) is 2. The van der Waals surface area contributed by atoms with Crippen molar-refractivity contribution in [3.63, 3.8) is 0 Å². The van der Waals surface area contributed by atoms with Gasteiger partial charge in [-0.05, 0) is 43.0 Å². The molecule has 8 heteroatoms. The largest absolute Gasteiger partial charge is 0.491 e. The standard InChI is InChI=1S/C26H31NO6S/c1-3-4-5-6-24(28)33-17-32-22(20-11-7-18(2)8-12-20)16-31-21-13-9-19(10-14-21)15-23-25(29)27-26(30)34-23/h7-14,22-23H,3-6,15-17H2,1-2H3,(H,27,29,30). The number of ether oxygens (including phenoxy) is 3. The number of amides is 2. The molecule has 1 N–H and O–H groups in total. The zero-order valence-corrected chi connectivity index (χ0v) is 20.4. The quantitative estimate of drug-likeness (QED) is 0.240. The number of carbonyl (C=O) groups excluding carboxylic acids is 3. The van der Waals surface area contributed by atoms with Crippen molar-refractivity contribution < 1.29 is 28.6 Å². The lowest BCUT2D eigenvalue weighted by Crippen LogP contribution is -2.25. The molecule has 0 spiro atoms.